The highest BCUT2D eigenvalue weighted by Gasteiger charge is 2.17. The molecule has 1 aliphatic rings. The SMILES string of the molecule is Cc1nn(C)c2sc(C(=O)NCc3ccc(CN4CCCC(C)C4)cc3)cc12. The molecule has 1 unspecified atom stereocenters. The Kier molecular flexibility index (Phi) is 5.51. The number of carbonyl (C=O) groups excluding carboxylic acids is 1. The summed E-state index contributed by atoms with van der Waals surface area (Å²) in [6.07, 6.45) is 2.66. The second-order valence-electron chi connectivity index (χ2n) is 8.02. The van der Waals surface area contributed by atoms with Gasteiger partial charge in [-0.15, -0.1) is 11.3 Å². The minimum atomic E-state index is -0.0213. The van der Waals surface area contributed by atoms with Crippen LogP contribution in [0.4, 0.5) is 0 Å². The number of carbonyl (C=O) groups is 1. The van der Waals surface area contributed by atoms with Crippen LogP contribution in [0.5, 0.6) is 0 Å². The number of nitrogens with one attached hydrogen (secondary N) is 1. The average molecular weight is 397 g/mol. The molecule has 4 rings (SSSR count). The molecular weight excluding hydrogens is 368 g/mol. The van der Waals surface area contributed by atoms with Gasteiger partial charge in [0.15, 0.2) is 0 Å². The summed E-state index contributed by atoms with van der Waals surface area (Å²) in [7, 11) is 1.92. The van der Waals surface area contributed by atoms with Crippen LogP contribution in [0.3, 0.4) is 0 Å². The van der Waals surface area contributed by atoms with Gasteiger partial charge in [0.05, 0.1) is 10.6 Å². The highest BCUT2D eigenvalue weighted by atomic mass is 32.1. The molecular formula is C22H28N4OS. The zero-order chi connectivity index (χ0) is 19.7. The summed E-state index contributed by atoms with van der Waals surface area (Å²) in [5.41, 5.74) is 3.44. The van der Waals surface area contributed by atoms with Crippen molar-refractivity contribution in [3.05, 3.63) is 52.0 Å². The van der Waals surface area contributed by atoms with Crippen molar-refractivity contribution in [3.63, 3.8) is 0 Å². The summed E-state index contributed by atoms with van der Waals surface area (Å²) < 4.78 is 1.84. The van der Waals surface area contributed by atoms with E-state index in [4.69, 9.17) is 0 Å². The molecule has 148 valence electrons. The molecule has 3 aromatic rings. The van der Waals surface area contributed by atoms with Crippen LogP contribution in [-0.4, -0.2) is 33.7 Å². The second kappa shape index (κ2) is 8.05. The van der Waals surface area contributed by atoms with E-state index in [0.717, 1.165) is 38.8 Å². The van der Waals surface area contributed by atoms with E-state index in [-0.39, 0.29) is 5.91 Å². The lowest BCUT2D eigenvalue weighted by Gasteiger charge is -2.30. The van der Waals surface area contributed by atoms with Gasteiger partial charge in [-0.05, 0) is 49.4 Å². The Labute approximate surface area is 170 Å². The van der Waals surface area contributed by atoms with Gasteiger partial charge in [0.1, 0.15) is 4.83 Å². The smallest absolute Gasteiger partial charge is 0.261 e. The maximum absolute atomic E-state index is 12.5. The number of likely N-dealkylation sites (tertiary alicyclic amines) is 1. The molecule has 1 amide bonds. The Morgan fingerprint density at radius 3 is 2.75 bits per heavy atom. The highest BCUT2D eigenvalue weighted by molar-refractivity contribution is 7.20. The average Bonchev–Trinajstić information content (AvgIpc) is 3.23. The summed E-state index contributed by atoms with van der Waals surface area (Å²) in [6, 6.07) is 10.6. The van der Waals surface area contributed by atoms with Gasteiger partial charge in [-0.2, -0.15) is 5.10 Å². The number of hydrogen-bond donors (Lipinski definition) is 1. The fourth-order valence-corrected chi connectivity index (χ4v) is 5.08. The van der Waals surface area contributed by atoms with Crippen LogP contribution in [0, 0.1) is 12.8 Å². The van der Waals surface area contributed by atoms with Crippen LogP contribution in [0.15, 0.2) is 30.3 Å². The zero-order valence-electron chi connectivity index (χ0n) is 16.9. The van der Waals surface area contributed by atoms with E-state index in [1.165, 1.54) is 42.8 Å². The molecule has 1 aliphatic heterocycles. The van der Waals surface area contributed by atoms with Crippen molar-refractivity contribution in [1.82, 2.24) is 20.0 Å². The van der Waals surface area contributed by atoms with Crippen molar-refractivity contribution in [2.75, 3.05) is 13.1 Å². The van der Waals surface area contributed by atoms with Crippen molar-refractivity contribution in [1.29, 1.82) is 0 Å². The van der Waals surface area contributed by atoms with Crippen molar-refractivity contribution >= 4 is 27.5 Å². The first kappa shape index (κ1) is 19.2. The normalized spacial score (nSPS) is 17.9. The second-order valence-corrected chi connectivity index (χ2v) is 9.05. The number of hydrogen-bond acceptors (Lipinski definition) is 4. The Balaban J connectivity index is 1.33. The molecule has 6 heteroatoms. The molecule has 3 heterocycles. The van der Waals surface area contributed by atoms with Crippen LogP contribution >= 0.6 is 11.3 Å². The van der Waals surface area contributed by atoms with Crippen LogP contribution in [0.25, 0.3) is 10.2 Å². The van der Waals surface area contributed by atoms with Crippen LogP contribution in [0.1, 0.15) is 46.3 Å². The summed E-state index contributed by atoms with van der Waals surface area (Å²) in [6.45, 7) is 8.28. The lowest BCUT2D eigenvalue weighted by Crippen LogP contribution is -2.33. The zero-order valence-corrected chi connectivity index (χ0v) is 17.7. The Morgan fingerprint density at radius 1 is 1.29 bits per heavy atom. The molecule has 0 radical (unpaired) electrons. The number of piperidine rings is 1. The molecule has 0 aliphatic carbocycles. The monoisotopic (exact) mass is 396 g/mol. The van der Waals surface area contributed by atoms with E-state index in [1.807, 2.05) is 24.7 Å². The van der Waals surface area contributed by atoms with Crippen molar-refractivity contribution in [2.24, 2.45) is 13.0 Å². The maximum atomic E-state index is 12.5. The maximum Gasteiger partial charge on any atom is 0.261 e. The van der Waals surface area contributed by atoms with Gasteiger partial charge >= 0.3 is 0 Å². The molecule has 5 nitrogen and oxygen atoms in total. The summed E-state index contributed by atoms with van der Waals surface area (Å²) >= 11 is 1.49. The Morgan fingerprint density at radius 2 is 2.04 bits per heavy atom. The lowest BCUT2D eigenvalue weighted by atomic mass is 9.99. The fourth-order valence-electron chi connectivity index (χ4n) is 4.04. The van der Waals surface area contributed by atoms with Crippen LogP contribution < -0.4 is 5.32 Å². The number of nitrogens with zero attached hydrogens (tertiary/aromatic N) is 3. The highest BCUT2D eigenvalue weighted by Crippen LogP contribution is 2.27. The van der Waals surface area contributed by atoms with E-state index in [0.29, 0.717) is 6.54 Å². The quantitative estimate of drug-likeness (QED) is 0.706. The predicted molar refractivity (Wildman–Crippen MR) is 115 cm³/mol. The number of aryl methyl sites for hydroxylation is 2. The Bertz CT molecular complexity index is 938. The first-order chi connectivity index (χ1) is 13.5. The van der Waals surface area contributed by atoms with E-state index < -0.39 is 0 Å². The molecule has 1 aromatic carbocycles. The third-order valence-electron chi connectivity index (χ3n) is 5.54. The molecule has 2 aromatic heterocycles. The topological polar surface area (TPSA) is 50.2 Å². The van der Waals surface area contributed by atoms with Gasteiger partial charge in [-0.25, -0.2) is 0 Å². The summed E-state index contributed by atoms with van der Waals surface area (Å²) in [4.78, 5) is 16.9. The van der Waals surface area contributed by atoms with Gasteiger partial charge in [-0.3, -0.25) is 14.4 Å². The number of benzene rings is 1. The minimum absolute atomic E-state index is 0.0213. The van der Waals surface area contributed by atoms with Gasteiger partial charge in [-0.1, -0.05) is 31.2 Å². The van der Waals surface area contributed by atoms with E-state index in [2.05, 4.69) is 46.5 Å². The van der Waals surface area contributed by atoms with E-state index >= 15 is 0 Å². The van der Waals surface area contributed by atoms with Gasteiger partial charge in [0.2, 0.25) is 0 Å². The largest absolute Gasteiger partial charge is 0.347 e. The number of aromatic nitrogens is 2. The van der Waals surface area contributed by atoms with Crippen molar-refractivity contribution in [3.8, 4) is 0 Å². The third-order valence-corrected chi connectivity index (χ3v) is 6.74. The first-order valence-electron chi connectivity index (χ1n) is 10.0. The molecule has 1 N–H and O–H groups in total. The van der Waals surface area contributed by atoms with Crippen molar-refractivity contribution < 1.29 is 4.79 Å². The van der Waals surface area contributed by atoms with Gasteiger partial charge in [0.25, 0.3) is 5.91 Å². The number of thiophene rings is 1. The number of rotatable bonds is 5. The molecule has 0 bridgehead atoms. The molecule has 1 saturated heterocycles. The third kappa shape index (κ3) is 4.13. The van der Waals surface area contributed by atoms with Crippen molar-refractivity contribution in [2.45, 2.75) is 39.8 Å². The molecule has 1 fully saturated rings. The number of fused-ring (bicyclic) bond motifs is 1. The van der Waals surface area contributed by atoms with E-state index in [1.54, 1.807) is 0 Å². The molecule has 28 heavy (non-hydrogen) atoms. The molecule has 0 spiro atoms. The summed E-state index contributed by atoms with van der Waals surface area (Å²) in [5.74, 6) is 0.781. The van der Waals surface area contributed by atoms with Crippen LogP contribution in [-0.2, 0) is 20.1 Å². The predicted octanol–water partition coefficient (Wildman–Crippen LogP) is 4.11. The lowest BCUT2D eigenvalue weighted by molar-refractivity contribution is 0.0955. The van der Waals surface area contributed by atoms with Gasteiger partial charge < -0.3 is 5.32 Å². The minimum Gasteiger partial charge on any atom is -0.347 e. The van der Waals surface area contributed by atoms with Crippen LogP contribution in [0.2, 0.25) is 0 Å². The Hall–Kier alpha value is -2.18. The number of amides is 1. The standard InChI is InChI=1S/C22H28N4OS/c1-15-5-4-10-26(13-15)14-18-8-6-17(7-9-18)12-23-21(27)20-11-19-16(2)24-25(3)22(19)28-20/h6-9,11,15H,4-5,10,12-14H2,1-3H3,(H,23,27). The first-order valence-corrected chi connectivity index (χ1v) is 10.8. The van der Waals surface area contributed by atoms with Gasteiger partial charge in [0, 0.05) is 32.1 Å². The molecule has 0 saturated carbocycles. The molecule has 1 atom stereocenters. The summed E-state index contributed by atoms with van der Waals surface area (Å²) in [5, 5.41) is 8.50. The van der Waals surface area contributed by atoms with E-state index in [9.17, 15) is 4.79 Å². The fraction of sp³-hybridized carbons (Fsp3) is 0.455.